The third-order valence-corrected chi connectivity index (χ3v) is 3.63. The predicted molar refractivity (Wildman–Crippen MR) is 85.8 cm³/mol. The van der Waals surface area contributed by atoms with E-state index in [0.29, 0.717) is 12.1 Å². The number of para-hydroxylation sites is 1. The molecule has 4 nitrogen and oxygen atoms in total. The number of benzene rings is 1. The number of hydrogen-bond donors (Lipinski definition) is 1. The molecule has 4 heteroatoms. The second-order valence-electron chi connectivity index (χ2n) is 5.48. The molecule has 0 saturated heterocycles. The molecule has 3 rings (SSSR count). The van der Waals surface area contributed by atoms with Crippen LogP contribution < -0.4 is 5.32 Å². The molecule has 1 aromatic carbocycles. The van der Waals surface area contributed by atoms with Gasteiger partial charge in [-0.1, -0.05) is 18.2 Å². The molecule has 0 aliphatic heterocycles. The molecule has 2 heterocycles. The number of furan rings is 1. The minimum atomic E-state index is -0.116. The summed E-state index contributed by atoms with van der Waals surface area (Å²) in [6, 6.07) is 11.5. The molecule has 0 unspecified atom stereocenters. The first-order valence-electron chi connectivity index (χ1n) is 7.25. The summed E-state index contributed by atoms with van der Waals surface area (Å²) in [6.07, 6.45) is 0. The minimum absolute atomic E-state index is 0.116. The molecule has 112 valence electrons. The number of rotatable bonds is 3. The first kappa shape index (κ1) is 14.3. The van der Waals surface area contributed by atoms with Crippen LogP contribution >= 0.6 is 0 Å². The third-order valence-electron chi connectivity index (χ3n) is 3.63. The zero-order valence-electron chi connectivity index (χ0n) is 12.9. The largest absolute Gasteiger partial charge is 0.465 e. The molecule has 3 aromatic rings. The fourth-order valence-electron chi connectivity index (χ4n) is 2.55. The van der Waals surface area contributed by atoms with Crippen molar-refractivity contribution >= 4 is 16.8 Å². The van der Waals surface area contributed by atoms with Crippen LogP contribution in [0.25, 0.3) is 10.9 Å². The third kappa shape index (κ3) is 2.72. The van der Waals surface area contributed by atoms with Crippen LogP contribution in [-0.2, 0) is 6.54 Å². The van der Waals surface area contributed by atoms with Crippen LogP contribution in [0.2, 0.25) is 0 Å². The maximum atomic E-state index is 12.5. The normalized spacial score (nSPS) is 10.9. The second kappa shape index (κ2) is 5.64. The van der Waals surface area contributed by atoms with Gasteiger partial charge in [-0.2, -0.15) is 0 Å². The Morgan fingerprint density at radius 1 is 1.18 bits per heavy atom. The summed E-state index contributed by atoms with van der Waals surface area (Å²) in [7, 11) is 0. The van der Waals surface area contributed by atoms with Crippen molar-refractivity contribution in [1.82, 2.24) is 10.3 Å². The minimum Gasteiger partial charge on any atom is -0.465 e. The average molecular weight is 294 g/mol. The van der Waals surface area contributed by atoms with Crippen LogP contribution in [-0.4, -0.2) is 10.9 Å². The molecular weight excluding hydrogens is 276 g/mol. The first-order valence-corrected chi connectivity index (χ1v) is 7.25. The van der Waals surface area contributed by atoms with E-state index in [1.807, 2.05) is 57.2 Å². The van der Waals surface area contributed by atoms with Gasteiger partial charge in [-0.15, -0.1) is 0 Å². The number of carbonyl (C=O) groups excluding carboxylic acids is 1. The summed E-state index contributed by atoms with van der Waals surface area (Å²) >= 11 is 0. The van der Waals surface area contributed by atoms with Gasteiger partial charge >= 0.3 is 0 Å². The summed E-state index contributed by atoms with van der Waals surface area (Å²) < 4.78 is 5.47. The molecule has 0 saturated carbocycles. The van der Waals surface area contributed by atoms with Gasteiger partial charge in [0.15, 0.2) is 0 Å². The fourth-order valence-corrected chi connectivity index (χ4v) is 2.55. The lowest BCUT2D eigenvalue weighted by atomic mass is 10.0. The second-order valence-corrected chi connectivity index (χ2v) is 5.48. The van der Waals surface area contributed by atoms with Crippen molar-refractivity contribution in [2.24, 2.45) is 0 Å². The Hall–Kier alpha value is -2.62. The van der Waals surface area contributed by atoms with Gasteiger partial charge in [0.1, 0.15) is 11.5 Å². The van der Waals surface area contributed by atoms with Gasteiger partial charge in [0, 0.05) is 11.1 Å². The van der Waals surface area contributed by atoms with E-state index >= 15 is 0 Å². The van der Waals surface area contributed by atoms with E-state index in [1.165, 1.54) is 0 Å². The number of hydrogen-bond acceptors (Lipinski definition) is 3. The Labute approximate surface area is 129 Å². The quantitative estimate of drug-likeness (QED) is 0.801. The van der Waals surface area contributed by atoms with E-state index in [9.17, 15) is 4.79 Å². The van der Waals surface area contributed by atoms with Crippen molar-refractivity contribution in [3.05, 3.63) is 64.7 Å². The highest BCUT2D eigenvalue weighted by molar-refractivity contribution is 6.06. The van der Waals surface area contributed by atoms with Gasteiger partial charge < -0.3 is 9.73 Å². The zero-order valence-corrected chi connectivity index (χ0v) is 12.9. The molecule has 0 atom stereocenters. The van der Waals surface area contributed by atoms with Gasteiger partial charge in [-0.25, -0.2) is 0 Å². The van der Waals surface area contributed by atoms with Crippen LogP contribution in [0.4, 0.5) is 0 Å². The standard InChI is InChI=1S/C18H18N2O2/c1-11-5-4-6-15-16(9-12(2)20-17(11)15)18(21)19-10-14-8-7-13(3)22-14/h4-9H,10H2,1-3H3,(H,19,21). The highest BCUT2D eigenvalue weighted by atomic mass is 16.3. The SMILES string of the molecule is Cc1cc(C(=O)NCc2ccc(C)o2)c2cccc(C)c2n1. The maximum Gasteiger partial charge on any atom is 0.252 e. The van der Waals surface area contributed by atoms with E-state index in [0.717, 1.165) is 33.7 Å². The topological polar surface area (TPSA) is 55.1 Å². The van der Waals surface area contributed by atoms with Gasteiger partial charge in [-0.3, -0.25) is 9.78 Å². The lowest BCUT2D eigenvalue weighted by Gasteiger charge is -2.09. The Balaban J connectivity index is 1.92. The molecule has 0 radical (unpaired) electrons. The highest BCUT2D eigenvalue weighted by Crippen LogP contribution is 2.21. The van der Waals surface area contributed by atoms with Crippen molar-refractivity contribution in [3.63, 3.8) is 0 Å². The number of pyridine rings is 1. The van der Waals surface area contributed by atoms with E-state index in [1.54, 1.807) is 0 Å². The van der Waals surface area contributed by atoms with E-state index in [4.69, 9.17) is 4.42 Å². The number of nitrogens with one attached hydrogen (secondary N) is 1. The molecule has 0 aliphatic rings. The number of amides is 1. The lowest BCUT2D eigenvalue weighted by molar-refractivity contribution is 0.0949. The van der Waals surface area contributed by atoms with Crippen LogP contribution in [0.5, 0.6) is 0 Å². The molecule has 0 bridgehead atoms. The van der Waals surface area contributed by atoms with Gasteiger partial charge in [0.05, 0.1) is 17.6 Å². The number of carbonyl (C=O) groups is 1. The number of nitrogens with zero attached hydrogens (tertiary/aromatic N) is 1. The monoisotopic (exact) mass is 294 g/mol. The van der Waals surface area contributed by atoms with E-state index in [-0.39, 0.29) is 5.91 Å². The van der Waals surface area contributed by atoms with Crippen LogP contribution in [0.1, 0.15) is 33.1 Å². The Morgan fingerprint density at radius 3 is 2.73 bits per heavy atom. The molecule has 0 spiro atoms. The molecule has 1 amide bonds. The van der Waals surface area contributed by atoms with E-state index in [2.05, 4.69) is 10.3 Å². The summed E-state index contributed by atoms with van der Waals surface area (Å²) in [4.78, 5) is 17.1. The summed E-state index contributed by atoms with van der Waals surface area (Å²) in [5.74, 6) is 1.47. The zero-order chi connectivity index (χ0) is 15.7. The van der Waals surface area contributed by atoms with Crippen LogP contribution in [0, 0.1) is 20.8 Å². The Morgan fingerprint density at radius 2 is 2.00 bits per heavy atom. The van der Waals surface area contributed by atoms with Crippen molar-refractivity contribution in [2.75, 3.05) is 0 Å². The highest BCUT2D eigenvalue weighted by Gasteiger charge is 2.13. The van der Waals surface area contributed by atoms with Crippen LogP contribution in [0.15, 0.2) is 40.8 Å². The van der Waals surface area contributed by atoms with Crippen LogP contribution in [0.3, 0.4) is 0 Å². The predicted octanol–water partition coefficient (Wildman–Crippen LogP) is 3.68. The van der Waals surface area contributed by atoms with E-state index < -0.39 is 0 Å². The summed E-state index contributed by atoms with van der Waals surface area (Å²) in [5.41, 5.74) is 3.42. The first-order chi connectivity index (χ1) is 10.5. The lowest BCUT2D eigenvalue weighted by Crippen LogP contribution is -2.23. The number of aromatic nitrogens is 1. The van der Waals surface area contributed by atoms with Gasteiger partial charge in [-0.05, 0) is 44.5 Å². The van der Waals surface area contributed by atoms with Crippen molar-refractivity contribution in [3.8, 4) is 0 Å². The smallest absolute Gasteiger partial charge is 0.252 e. The van der Waals surface area contributed by atoms with Crippen molar-refractivity contribution < 1.29 is 9.21 Å². The summed E-state index contributed by atoms with van der Waals surface area (Å²) in [6.45, 7) is 6.16. The van der Waals surface area contributed by atoms with Crippen molar-refractivity contribution in [1.29, 1.82) is 0 Å². The Bertz CT molecular complexity index is 849. The fraction of sp³-hybridized carbons (Fsp3) is 0.222. The molecule has 1 N–H and O–H groups in total. The number of fused-ring (bicyclic) bond motifs is 1. The average Bonchev–Trinajstić information content (AvgIpc) is 2.91. The molecule has 0 aliphatic carbocycles. The number of aryl methyl sites for hydroxylation is 3. The maximum absolute atomic E-state index is 12.5. The van der Waals surface area contributed by atoms with Gasteiger partial charge in [0.2, 0.25) is 0 Å². The molecule has 22 heavy (non-hydrogen) atoms. The molecule has 2 aromatic heterocycles. The molecule has 0 fully saturated rings. The summed E-state index contributed by atoms with van der Waals surface area (Å²) in [5, 5.41) is 3.78. The van der Waals surface area contributed by atoms with Gasteiger partial charge in [0.25, 0.3) is 5.91 Å². The Kier molecular flexibility index (Phi) is 3.67. The molecular formula is C18H18N2O2. The van der Waals surface area contributed by atoms with Crippen molar-refractivity contribution in [2.45, 2.75) is 27.3 Å².